The molecule has 0 saturated carbocycles. The summed E-state index contributed by atoms with van der Waals surface area (Å²) in [6.45, 7) is 2.15. The molecule has 2 rings (SSSR count). The number of halogens is 2. The second-order valence-electron chi connectivity index (χ2n) is 4.49. The van der Waals surface area contributed by atoms with E-state index in [9.17, 15) is 4.79 Å². The van der Waals surface area contributed by atoms with Gasteiger partial charge in [-0.15, -0.1) is 23.7 Å². The van der Waals surface area contributed by atoms with Crippen LogP contribution in [0, 0.1) is 0 Å². The van der Waals surface area contributed by atoms with Crippen LogP contribution in [-0.4, -0.2) is 44.2 Å². The molecule has 22 heavy (non-hydrogen) atoms. The summed E-state index contributed by atoms with van der Waals surface area (Å²) in [5.41, 5.74) is 0.912. The summed E-state index contributed by atoms with van der Waals surface area (Å²) in [4.78, 5) is 16.1. The van der Waals surface area contributed by atoms with Gasteiger partial charge in [0.2, 0.25) is 5.91 Å². The number of amides is 1. The third kappa shape index (κ3) is 6.06. The minimum Gasteiger partial charge on any atom is -0.383 e. The van der Waals surface area contributed by atoms with Crippen LogP contribution in [0.3, 0.4) is 0 Å². The van der Waals surface area contributed by atoms with E-state index in [4.69, 9.17) is 16.3 Å². The molecular weight excluding hydrogens is 345 g/mol. The standard InChI is InChI=1S/C14H18ClN3O2S.ClH/c1-20-7-6-16-9-13(19)17-5-4-14-18-11-8-10(15)2-3-12(11)21-14;/h2-3,8,16H,4-7,9H2,1H3,(H,17,19);1H. The summed E-state index contributed by atoms with van der Waals surface area (Å²) >= 11 is 7.57. The molecule has 0 aliphatic heterocycles. The van der Waals surface area contributed by atoms with E-state index in [1.165, 1.54) is 0 Å². The quantitative estimate of drug-likeness (QED) is 0.706. The van der Waals surface area contributed by atoms with E-state index in [1.807, 2.05) is 18.2 Å². The van der Waals surface area contributed by atoms with Gasteiger partial charge in [0.1, 0.15) is 0 Å². The van der Waals surface area contributed by atoms with Crippen LogP contribution in [0.1, 0.15) is 5.01 Å². The second kappa shape index (κ2) is 9.97. The SMILES string of the molecule is COCCNCC(=O)NCCc1nc2cc(Cl)ccc2s1.Cl. The molecule has 2 N–H and O–H groups in total. The van der Waals surface area contributed by atoms with Crippen molar-refractivity contribution in [3.8, 4) is 0 Å². The van der Waals surface area contributed by atoms with Crippen LogP contribution in [0.2, 0.25) is 5.02 Å². The summed E-state index contributed by atoms with van der Waals surface area (Å²) in [7, 11) is 1.63. The fourth-order valence-electron chi connectivity index (χ4n) is 1.80. The summed E-state index contributed by atoms with van der Waals surface area (Å²) in [5.74, 6) is -0.0183. The maximum absolute atomic E-state index is 11.6. The monoisotopic (exact) mass is 363 g/mol. The van der Waals surface area contributed by atoms with Gasteiger partial charge in [0.25, 0.3) is 0 Å². The Morgan fingerprint density at radius 2 is 2.23 bits per heavy atom. The minimum atomic E-state index is -0.0183. The van der Waals surface area contributed by atoms with Crippen molar-refractivity contribution >= 4 is 51.5 Å². The third-order valence-corrected chi connectivity index (χ3v) is 4.15. The van der Waals surface area contributed by atoms with Crippen LogP contribution in [-0.2, 0) is 16.0 Å². The van der Waals surface area contributed by atoms with Gasteiger partial charge in [0.15, 0.2) is 0 Å². The van der Waals surface area contributed by atoms with Crippen LogP contribution >= 0.6 is 35.3 Å². The van der Waals surface area contributed by atoms with Gasteiger partial charge in [-0.05, 0) is 18.2 Å². The average molecular weight is 364 g/mol. The normalized spacial score (nSPS) is 10.5. The number of rotatable bonds is 8. The molecule has 0 bridgehead atoms. The van der Waals surface area contributed by atoms with Crippen LogP contribution in [0.5, 0.6) is 0 Å². The molecule has 1 amide bonds. The fraction of sp³-hybridized carbons (Fsp3) is 0.429. The van der Waals surface area contributed by atoms with Gasteiger partial charge in [0, 0.05) is 31.6 Å². The van der Waals surface area contributed by atoms with Gasteiger partial charge in [-0.2, -0.15) is 0 Å². The molecule has 0 spiro atoms. The van der Waals surface area contributed by atoms with Gasteiger partial charge in [0.05, 0.1) is 28.4 Å². The molecule has 5 nitrogen and oxygen atoms in total. The number of aromatic nitrogens is 1. The predicted octanol–water partition coefficient (Wildman–Crippen LogP) is 2.27. The molecule has 0 radical (unpaired) electrons. The fourth-order valence-corrected chi connectivity index (χ4v) is 2.92. The smallest absolute Gasteiger partial charge is 0.233 e. The first kappa shape index (κ1) is 19.1. The zero-order chi connectivity index (χ0) is 15.1. The van der Waals surface area contributed by atoms with Crippen LogP contribution in [0.4, 0.5) is 0 Å². The van der Waals surface area contributed by atoms with Crippen LogP contribution < -0.4 is 10.6 Å². The number of methoxy groups -OCH3 is 1. The van der Waals surface area contributed by atoms with Crippen molar-refractivity contribution in [2.75, 3.05) is 33.4 Å². The van der Waals surface area contributed by atoms with Crippen LogP contribution in [0.15, 0.2) is 18.2 Å². The van der Waals surface area contributed by atoms with Gasteiger partial charge >= 0.3 is 0 Å². The Hall–Kier alpha value is -0.920. The number of carbonyl (C=O) groups is 1. The number of fused-ring (bicyclic) bond motifs is 1. The summed E-state index contributed by atoms with van der Waals surface area (Å²) < 4.78 is 6.00. The highest BCUT2D eigenvalue weighted by Gasteiger charge is 2.05. The lowest BCUT2D eigenvalue weighted by atomic mass is 10.3. The number of hydrogen-bond acceptors (Lipinski definition) is 5. The second-order valence-corrected chi connectivity index (χ2v) is 6.04. The van der Waals surface area contributed by atoms with Gasteiger partial charge in [-0.25, -0.2) is 4.98 Å². The highest BCUT2D eigenvalue weighted by Crippen LogP contribution is 2.24. The number of hydrogen-bond donors (Lipinski definition) is 2. The molecule has 0 unspecified atom stereocenters. The van der Waals surface area contributed by atoms with E-state index >= 15 is 0 Å². The van der Waals surface area contributed by atoms with E-state index in [1.54, 1.807) is 18.4 Å². The Morgan fingerprint density at radius 1 is 1.41 bits per heavy atom. The number of benzene rings is 1. The van der Waals surface area contributed by atoms with E-state index in [0.717, 1.165) is 21.6 Å². The Balaban J connectivity index is 0.00000242. The number of nitrogens with zero attached hydrogens (tertiary/aromatic N) is 1. The van der Waals surface area contributed by atoms with E-state index in [-0.39, 0.29) is 18.3 Å². The zero-order valence-electron chi connectivity index (χ0n) is 12.2. The van der Waals surface area contributed by atoms with Crippen molar-refractivity contribution < 1.29 is 9.53 Å². The third-order valence-electron chi connectivity index (χ3n) is 2.82. The molecule has 2 aromatic rings. The molecule has 0 fully saturated rings. The molecule has 1 aromatic heterocycles. The highest BCUT2D eigenvalue weighted by atomic mass is 35.5. The molecular formula is C14H19Cl2N3O2S. The van der Waals surface area contributed by atoms with Crippen molar-refractivity contribution in [2.45, 2.75) is 6.42 Å². The van der Waals surface area contributed by atoms with Gasteiger partial charge in [-0.1, -0.05) is 11.6 Å². The highest BCUT2D eigenvalue weighted by molar-refractivity contribution is 7.18. The Labute approximate surface area is 144 Å². The van der Waals surface area contributed by atoms with Gasteiger partial charge < -0.3 is 15.4 Å². The lowest BCUT2D eigenvalue weighted by Crippen LogP contribution is -2.36. The molecule has 0 aliphatic carbocycles. The molecule has 1 aromatic carbocycles. The molecule has 1 heterocycles. The molecule has 8 heteroatoms. The van der Waals surface area contributed by atoms with E-state index in [2.05, 4.69) is 15.6 Å². The largest absolute Gasteiger partial charge is 0.383 e. The van der Waals surface area contributed by atoms with Crippen molar-refractivity contribution in [3.63, 3.8) is 0 Å². The Kier molecular flexibility index (Phi) is 8.67. The number of ether oxygens (including phenoxy) is 1. The first-order chi connectivity index (χ1) is 10.2. The molecule has 0 saturated heterocycles. The summed E-state index contributed by atoms with van der Waals surface area (Å²) in [6, 6.07) is 5.69. The van der Waals surface area contributed by atoms with E-state index in [0.29, 0.717) is 31.3 Å². The summed E-state index contributed by atoms with van der Waals surface area (Å²) in [5, 5.41) is 7.55. The number of thiazole rings is 1. The topological polar surface area (TPSA) is 63.2 Å². The molecule has 0 aliphatic rings. The molecule has 122 valence electrons. The lowest BCUT2D eigenvalue weighted by molar-refractivity contribution is -0.120. The number of nitrogens with one attached hydrogen (secondary N) is 2. The zero-order valence-corrected chi connectivity index (χ0v) is 14.6. The summed E-state index contributed by atoms with van der Waals surface area (Å²) in [6.07, 6.45) is 0.723. The first-order valence-electron chi connectivity index (χ1n) is 6.70. The lowest BCUT2D eigenvalue weighted by Gasteiger charge is -2.05. The Bertz CT molecular complexity index is 607. The van der Waals surface area contributed by atoms with Crippen molar-refractivity contribution in [1.29, 1.82) is 0 Å². The van der Waals surface area contributed by atoms with Gasteiger partial charge in [-0.3, -0.25) is 4.79 Å². The predicted molar refractivity (Wildman–Crippen MR) is 93.3 cm³/mol. The van der Waals surface area contributed by atoms with Crippen molar-refractivity contribution in [1.82, 2.24) is 15.6 Å². The van der Waals surface area contributed by atoms with Crippen molar-refractivity contribution in [2.24, 2.45) is 0 Å². The maximum atomic E-state index is 11.6. The Morgan fingerprint density at radius 3 is 3.00 bits per heavy atom. The maximum Gasteiger partial charge on any atom is 0.233 e. The number of carbonyl (C=O) groups excluding carboxylic acids is 1. The first-order valence-corrected chi connectivity index (χ1v) is 7.90. The van der Waals surface area contributed by atoms with Crippen LogP contribution in [0.25, 0.3) is 10.2 Å². The van der Waals surface area contributed by atoms with Crippen molar-refractivity contribution in [3.05, 3.63) is 28.2 Å². The minimum absolute atomic E-state index is 0. The van der Waals surface area contributed by atoms with E-state index < -0.39 is 0 Å². The molecule has 0 atom stereocenters. The average Bonchev–Trinajstić information content (AvgIpc) is 2.85.